The molecule has 0 N–H and O–H groups in total. The van der Waals surface area contributed by atoms with Crippen molar-refractivity contribution in [1.82, 2.24) is 4.98 Å². The molecule has 1 aliphatic heterocycles. The summed E-state index contributed by atoms with van der Waals surface area (Å²) in [5.41, 5.74) is 3.02. The average Bonchev–Trinajstić information content (AvgIpc) is 3.01. The molecule has 20 heavy (non-hydrogen) atoms. The molecule has 1 aromatic heterocycles. The summed E-state index contributed by atoms with van der Waals surface area (Å²) in [6.07, 6.45) is 2.77. The largest absolute Gasteiger partial charge is 0.368 e. The SMILES string of the molecule is Cc1cc(N2CCN(c3nccs3)CC2)ccc1C=O. The zero-order valence-electron chi connectivity index (χ0n) is 11.5. The standard InChI is InChI=1S/C15H17N3OS/c1-12-10-14(3-2-13(12)11-19)17-5-7-18(8-6-17)15-16-4-9-20-15/h2-4,9-11H,5-8H2,1H3. The summed E-state index contributed by atoms with van der Waals surface area (Å²) < 4.78 is 0. The van der Waals surface area contributed by atoms with Gasteiger partial charge in [0.2, 0.25) is 0 Å². The lowest BCUT2D eigenvalue weighted by Gasteiger charge is -2.36. The number of nitrogens with zero attached hydrogens (tertiary/aromatic N) is 3. The maximum atomic E-state index is 10.9. The molecule has 0 aliphatic carbocycles. The van der Waals surface area contributed by atoms with E-state index >= 15 is 0 Å². The first kappa shape index (κ1) is 13.1. The lowest BCUT2D eigenvalue weighted by Crippen LogP contribution is -2.46. The Morgan fingerprint density at radius 2 is 1.95 bits per heavy atom. The Labute approximate surface area is 122 Å². The molecule has 0 spiro atoms. The molecule has 0 amide bonds. The van der Waals surface area contributed by atoms with E-state index in [0.29, 0.717) is 0 Å². The van der Waals surface area contributed by atoms with Crippen molar-refractivity contribution in [2.75, 3.05) is 36.0 Å². The van der Waals surface area contributed by atoms with Gasteiger partial charge in [0.1, 0.15) is 6.29 Å². The number of carbonyl (C=O) groups excluding carboxylic acids is 1. The number of benzene rings is 1. The number of hydrogen-bond donors (Lipinski definition) is 0. The molecule has 0 saturated carbocycles. The van der Waals surface area contributed by atoms with E-state index in [2.05, 4.69) is 20.9 Å². The van der Waals surface area contributed by atoms with Gasteiger partial charge in [-0.2, -0.15) is 0 Å². The minimum absolute atomic E-state index is 0.773. The zero-order valence-corrected chi connectivity index (χ0v) is 12.3. The lowest BCUT2D eigenvalue weighted by molar-refractivity contribution is 0.112. The molecule has 5 heteroatoms. The van der Waals surface area contributed by atoms with Gasteiger partial charge in [-0.3, -0.25) is 4.79 Å². The Kier molecular flexibility index (Phi) is 3.69. The molecule has 1 aromatic carbocycles. The van der Waals surface area contributed by atoms with Crippen LogP contribution in [0.3, 0.4) is 0 Å². The van der Waals surface area contributed by atoms with E-state index in [9.17, 15) is 4.79 Å². The first-order chi connectivity index (χ1) is 9.78. The number of aldehydes is 1. The molecule has 0 radical (unpaired) electrons. The highest BCUT2D eigenvalue weighted by atomic mass is 32.1. The fourth-order valence-electron chi connectivity index (χ4n) is 2.52. The van der Waals surface area contributed by atoms with E-state index in [1.165, 1.54) is 5.69 Å². The van der Waals surface area contributed by atoms with Crippen LogP contribution >= 0.6 is 11.3 Å². The van der Waals surface area contributed by atoms with Gasteiger partial charge >= 0.3 is 0 Å². The molecule has 4 nitrogen and oxygen atoms in total. The van der Waals surface area contributed by atoms with E-state index in [1.54, 1.807) is 11.3 Å². The Balaban J connectivity index is 1.69. The summed E-state index contributed by atoms with van der Waals surface area (Å²) in [6, 6.07) is 6.05. The fraction of sp³-hybridized carbons (Fsp3) is 0.333. The van der Waals surface area contributed by atoms with Crippen molar-refractivity contribution in [2.24, 2.45) is 0 Å². The van der Waals surface area contributed by atoms with Crippen molar-refractivity contribution in [3.05, 3.63) is 40.9 Å². The molecule has 3 rings (SSSR count). The number of piperazine rings is 1. The molecule has 2 aromatic rings. The molecule has 1 fully saturated rings. The summed E-state index contributed by atoms with van der Waals surface area (Å²) >= 11 is 1.69. The minimum Gasteiger partial charge on any atom is -0.368 e. The van der Waals surface area contributed by atoms with Crippen LogP contribution in [-0.4, -0.2) is 37.4 Å². The van der Waals surface area contributed by atoms with Gasteiger partial charge in [-0.05, 0) is 30.7 Å². The predicted molar refractivity (Wildman–Crippen MR) is 83.1 cm³/mol. The van der Waals surface area contributed by atoms with Gasteiger partial charge in [0.25, 0.3) is 0 Å². The van der Waals surface area contributed by atoms with Gasteiger partial charge in [0.15, 0.2) is 5.13 Å². The van der Waals surface area contributed by atoms with Crippen LogP contribution in [-0.2, 0) is 0 Å². The molecule has 104 valence electrons. The maximum Gasteiger partial charge on any atom is 0.185 e. The molecular weight excluding hydrogens is 270 g/mol. The van der Waals surface area contributed by atoms with E-state index in [4.69, 9.17) is 0 Å². The van der Waals surface area contributed by atoms with Gasteiger partial charge in [-0.1, -0.05) is 0 Å². The molecule has 1 saturated heterocycles. The van der Waals surface area contributed by atoms with Crippen molar-refractivity contribution in [3.63, 3.8) is 0 Å². The van der Waals surface area contributed by atoms with Gasteiger partial charge in [-0.15, -0.1) is 11.3 Å². The number of hydrogen-bond acceptors (Lipinski definition) is 5. The van der Waals surface area contributed by atoms with Crippen LogP contribution in [0, 0.1) is 6.92 Å². The maximum absolute atomic E-state index is 10.9. The Hall–Kier alpha value is -1.88. The van der Waals surface area contributed by atoms with E-state index in [0.717, 1.165) is 48.7 Å². The summed E-state index contributed by atoms with van der Waals surface area (Å²) in [6.45, 7) is 5.93. The lowest BCUT2D eigenvalue weighted by atomic mass is 10.1. The fourth-order valence-corrected chi connectivity index (χ4v) is 3.21. The number of aromatic nitrogens is 1. The smallest absolute Gasteiger partial charge is 0.185 e. The van der Waals surface area contributed by atoms with Crippen LogP contribution in [0.5, 0.6) is 0 Å². The quantitative estimate of drug-likeness (QED) is 0.813. The summed E-state index contributed by atoms with van der Waals surface area (Å²) in [7, 11) is 0. The molecule has 2 heterocycles. The second kappa shape index (κ2) is 5.63. The monoisotopic (exact) mass is 287 g/mol. The number of carbonyl (C=O) groups is 1. The first-order valence-electron chi connectivity index (χ1n) is 6.73. The Bertz CT molecular complexity index is 589. The normalized spacial score (nSPS) is 15.4. The zero-order chi connectivity index (χ0) is 13.9. The van der Waals surface area contributed by atoms with Gasteiger partial charge in [-0.25, -0.2) is 4.98 Å². The molecule has 0 bridgehead atoms. The van der Waals surface area contributed by atoms with Crippen molar-refractivity contribution in [2.45, 2.75) is 6.92 Å². The summed E-state index contributed by atoms with van der Waals surface area (Å²) in [4.78, 5) is 19.9. The third-order valence-corrected chi connectivity index (χ3v) is 4.55. The number of aryl methyl sites for hydroxylation is 1. The van der Waals surface area contributed by atoms with Crippen LogP contribution in [0.25, 0.3) is 0 Å². The van der Waals surface area contributed by atoms with E-state index < -0.39 is 0 Å². The highest BCUT2D eigenvalue weighted by molar-refractivity contribution is 7.13. The first-order valence-corrected chi connectivity index (χ1v) is 7.61. The Morgan fingerprint density at radius 3 is 2.55 bits per heavy atom. The van der Waals surface area contributed by atoms with Gasteiger partial charge in [0.05, 0.1) is 0 Å². The highest BCUT2D eigenvalue weighted by Gasteiger charge is 2.19. The topological polar surface area (TPSA) is 36.4 Å². The van der Waals surface area contributed by atoms with Crippen LogP contribution in [0.15, 0.2) is 29.8 Å². The van der Waals surface area contributed by atoms with Crippen molar-refractivity contribution >= 4 is 28.4 Å². The average molecular weight is 287 g/mol. The number of thiazole rings is 1. The van der Waals surface area contributed by atoms with Gasteiger partial charge < -0.3 is 9.80 Å². The van der Waals surface area contributed by atoms with Crippen LogP contribution in [0.2, 0.25) is 0 Å². The van der Waals surface area contributed by atoms with E-state index in [1.807, 2.05) is 30.6 Å². The van der Waals surface area contributed by atoms with Crippen LogP contribution < -0.4 is 9.80 Å². The molecule has 0 unspecified atom stereocenters. The van der Waals surface area contributed by atoms with E-state index in [-0.39, 0.29) is 0 Å². The predicted octanol–water partition coefficient (Wildman–Crippen LogP) is 2.59. The molecular formula is C15H17N3OS. The molecule has 0 atom stereocenters. The number of anilines is 2. The van der Waals surface area contributed by atoms with Gasteiger partial charge in [0, 0.05) is 49.0 Å². The second-order valence-corrected chi connectivity index (χ2v) is 5.82. The minimum atomic E-state index is 0.773. The van der Waals surface area contributed by atoms with Crippen LogP contribution in [0.1, 0.15) is 15.9 Å². The summed E-state index contributed by atoms with van der Waals surface area (Å²) in [5.74, 6) is 0. The Morgan fingerprint density at radius 1 is 1.20 bits per heavy atom. The van der Waals surface area contributed by atoms with Crippen molar-refractivity contribution < 1.29 is 4.79 Å². The second-order valence-electron chi connectivity index (χ2n) is 4.95. The number of rotatable bonds is 3. The third kappa shape index (κ3) is 2.54. The summed E-state index contributed by atoms with van der Waals surface area (Å²) in [5, 5.41) is 3.13. The molecule has 1 aliphatic rings. The van der Waals surface area contributed by atoms with Crippen molar-refractivity contribution in [1.29, 1.82) is 0 Å². The highest BCUT2D eigenvalue weighted by Crippen LogP contribution is 2.23. The third-order valence-electron chi connectivity index (χ3n) is 3.71. The van der Waals surface area contributed by atoms with Crippen LogP contribution in [0.4, 0.5) is 10.8 Å². The van der Waals surface area contributed by atoms with Crippen molar-refractivity contribution in [3.8, 4) is 0 Å².